The minimum absolute atomic E-state index is 0.0903. The molecule has 0 radical (unpaired) electrons. The maximum atomic E-state index is 9.64. The normalized spacial score (nSPS) is 21.0. The lowest BCUT2D eigenvalue weighted by molar-refractivity contribution is 0.0824. The van der Waals surface area contributed by atoms with Crippen LogP contribution in [0.4, 0.5) is 0 Å². The second kappa shape index (κ2) is 12.3. The number of nitrogens with zero attached hydrogens (tertiary/aromatic N) is 4. The third-order valence-corrected chi connectivity index (χ3v) is 6.41. The van der Waals surface area contributed by atoms with Crippen molar-refractivity contribution >= 4 is 5.96 Å². The molecule has 2 N–H and O–H groups in total. The molecule has 2 aliphatic heterocycles. The number of hydrogen-bond acceptors (Lipinski definition) is 4. The van der Waals surface area contributed by atoms with Gasteiger partial charge in [-0.05, 0) is 44.7 Å². The Hall–Kier alpha value is -1.63. The Morgan fingerprint density at radius 1 is 1.07 bits per heavy atom. The molecule has 0 bridgehead atoms. The largest absolute Gasteiger partial charge is 0.393 e. The van der Waals surface area contributed by atoms with Crippen LogP contribution in [-0.4, -0.2) is 90.8 Å². The zero-order valence-electron chi connectivity index (χ0n) is 19.0. The average Bonchev–Trinajstić information content (AvgIpc) is 2.79. The quantitative estimate of drug-likeness (QED) is 0.388. The lowest BCUT2D eigenvalue weighted by Crippen LogP contribution is -2.53. The van der Waals surface area contributed by atoms with Crippen LogP contribution in [-0.2, 0) is 0 Å². The average molecular weight is 416 g/mol. The number of likely N-dealkylation sites (tertiary alicyclic amines) is 1. The highest BCUT2D eigenvalue weighted by molar-refractivity contribution is 5.80. The molecular formula is C24H41N5O. The van der Waals surface area contributed by atoms with Crippen LogP contribution in [0.3, 0.4) is 0 Å². The van der Waals surface area contributed by atoms with Crippen LogP contribution in [0.25, 0.3) is 0 Å². The molecule has 6 nitrogen and oxygen atoms in total. The van der Waals surface area contributed by atoms with Gasteiger partial charge in [0.2, 0.25) is 0 Å². The Morgan fingerprint density at radius 2 is 1.77 bits per heavy atom. The predicted octanol–water partition coefficient (Wildman–Crippen LogP) is 2.57. The van der Waals surface area contributed by atoms with Crippen molar-refractivity contribution in [3.05, 3.63) is 35.9 Å². The van der Waals surface area contributed by atoms with E-state index >= 15 is 0 Å². The van der Waals surface area contributed by atoms with Gasteiger partial charge in [-0.1, -0.05) is 37.3 Å². The molecule has 1 atom stereocenters. The van der Waals surface area contributed by atoms with Crippen LogP contribution in [0.2, 0.25) is 0 Å². The number of aliphatic hydroxyl groups is 1. The molecule has 0 aliphatic carbocycles. The zero-order valence-corrected chi connectivity index (χ0v) is 19.0. The lowest BCUT2D eigenvalue weighted by Gasteiger charge is -2.40. The van der Waals surface area contributed by atoms with Gasteiger partial charge in [0.1, 0.15) is 0 Å². The summed E-state index contributed by atoms with van der Waals surface area (Å²) in [7, 11) is 0. The van der Waals surface area contributed by atoms with Crippen LogP contribution in [0.1, 0.15) is 51.1 Å². The highest BCUT2D eigenvalue weighted by atomic mass is 16.3. The summed E-state index contributed by atoms with van der Waals surface area (Å²) in [5, 5.41) is 13.1. The predicted molar refractivity (Wildman–Crippen MR) is 125 cm³/mol. The highest BCUT2D eigenvalue weighted by Gasteiger charge is 2.25. The Balaban J connectivity index is 1.46. The monoisotopic (exact) mass is 415 g/mol. The first-order valence-corrected chi connectivity index (χ1v) is 11.9. The van der Waals surface area contributed by atoms with Crippen LogP contribution in [0.5, 0.6) is 0 Å². The first-order chi connectivity index (χ1) is 14.7. The van der Waals surface area contributed by atoms with Crippen molar-refractivity contribution in [3.63, 3.8) is 0 Å². The number of aliphatic imine (C=N–C) groups is 1. The van der Waals surface area contributed by atoms with E-state index in [1.54, 1.807) is 0 Å². The number of rotatable bonds is 8. The lowest BCUT2D eigenvalue weighted by atomic mass is 10.0. The van der Waals surface area contributed by atoms with E-state index in [-0.39, 0.29) is 6.10 Å². The van der Waals surface area contributed by atoms with Crippen molar-refractivity contribution in [2.45, 2.75) is 51.7 Å². The van der Waals surface area contributed by atoms with Crippen molar-refractivity contribution in [2.24, 2.45) is 4.99 Å². The van der Waals surface area contributed by atoms with Crippen LogP contribution >= 0.6 is 0 Å². The van der Waals surface area contributed by atoms with Gasteiger partial charge in [-0.15, -0.1) is 0 Å². The Bertz CT molecular complexity index is 622. The Kier molecular flexibility index (Phi) is 9.43. The first kappa shape index (κ1) is 23.0. The van der Waals surface area contributed by atoms with Crippen LogP contribution < -0.4 is 5.32 Å². The van der Waals surface area contributed by atoms with Gasteiger partial charge in [-0.2, -0.15) is 0 Å². The fraction of sp³-hybridized carbons (Fsp3) is 0.708. The number of aliphatic hydroxyl groups excluding tert-OH is 1. The van der Waals surface area contributed by atoms with Gasteiger partial charge in [-0.25, -0.2) is 0 Å². The second-order valence-electron chi connectivity index (χ2n) is 8.52. The Labute approximate surface area is 183 Å². The smallest absolute Gasteiger partial charge is 0.194 e. The summed E-state index contributed by atoms with van der Waals surface area (Å²) < 4.78 is 0. The molecule has 1 aromatic carbocycles. The zero-order chi connectivity index (χ0) is 21.2. The number of nitrogens with one attached hydrogen (secondary N) is 1. The molecule has 30 heavy (non-hydrogen) atoms. The maximum Gasteiger partial charge on any atom is 0.194 e. The van der Waals surface area contributed by atoms with E-state index in [4.69, 9.17) is 4.99 Å². The molecule has 0 spiro atoms. The maximum absolute atomic E-state index is 9.64. The number of piperazine rings is 1. The molecule has 168 valence electrons. The molecular weight excluding hydrogens is 374 g/mol. The van der Waals surface area contributed by atoms with E-state index in [1.165, 1.54) is 5.56 Å². The van der Waals surface area contributed by atoms with E-state index < -0.39 is 0 Å². The molecule has 1 aromatic rings. The van der Waals surface area contributed by atoms with Gasteiger partial charge in [-0.3, -0.25) is 9.89 Å². The molecule has 2 aliphatic rings. The molecule has 0 saturated carbocycles. The van der Waals surface area contributed by atoms with Crippen molar-refractivity contribution < 1.29 is 5.11 Å². The minimum atomic E-state index is -0.0903. The fourth-order valence-corrected chi connectivity index (χ4v) is 4.67. The van der Waals surface area contributed by atoms with Gasteiger partial charge >= 0.3 is 0 Å². The number of hydrogen-bond donors (Lipinski definition) is 2. The van der Waals surface area contributed by atoms with Crippen LogP contribution in [0, 0.1) is 0 Å². The fourth-order valence-electron chi connectivity index (χ4n) is 4.67. The molecule has 3 rings (SSSR count). The third kappa shape index (κ3) is 6.69. The molecule has 0 aromatic heterocycles. The third-order valence-electron chi connectivity index (χ3n) is 6.41. The van der Waals surface area contributed by atoms with Gasteiger partial charge < -0.3 is 20.2 Å². The van der Waals surface area contributed by atoms with Gasteiger partial charge in [0.15, 0.2) is 5.96 Å². The van der Waals surface area contributed by atoms with E-state index in [9.17, 15) is 5.11 Å². The van der Waals surface area contributed by atoms with Gasteiger partial charge in [0, 0.05) is 58.4 Å². The van der Waals surface area contributed by atoms with Crippen molar-refractivity contribution in [1.29, 1.82) is 0 Å². The highest BCUT2D eigenvalue weighted by Crippen LogP contribution is 2.25. The molecule has 2 saturated heterocycles. The number of benzene rings is 1. The van der Waals surface area contributed by atoms with Crippen molar-refractivity contribution in [2.75, 3.05) is 58.9 Å². The number of piperidine rings is 1. The van der Waals surface area contributed by atoms with Gasteiger partial charge in [0.25, 0.3) is 0 Å². The second-order valence-corrected chi connectivity index (χ2v) is 8.52. The summed E-state index contributed by atoms with van der Waals surface area (Å²) in [6.45, 7) is 13.5. The molecule has 1 unspecified atom stereocenters. The molecule has 0 amide bonds. The molecule has 2 heterocycles. The summed E-state index contributed by atoms with van der Waals surface area (Å²) in [5.74, 6) is 1.07. The first-order valence-electron chi connectivity index (χ1n) is 11.9. The summed E-state index contributed by atoms with van der Waals surface area (Å²) >= 11 is 0. The van der Waals surface area contributed by atoms with E-state index in [1.807, 2.05) is 0 Å². The van der Waals surface area contributed by atoms with E-state index in [2.05, 4.69) is 64.2 Å². The molecule has 6 heteroatoms. The standard InChI is InChI=1S/C24H41N5O/c1-3-23(21-9-6-5-7-10-21)28-17-19-29(20-18-28)24(25-4-2)26-13-8-14-27-15-11-22(30)12-16-27/h5-7,9-10,22-23,30H,3-4,8,11-20H2,1-2H3,(H,25,26). The van der Waals surface area contributed by atoms with Gasteiger partial charge in [0.05, 0.1) is 6.10 Å². The topological polar surface area (TPSA) is 54.3 Å². The van der Waals surface area contributed by atoms with Crippen molar-refractivity contribution in [1.82, 2.24) is 20.0 Å². The SMILES string of the molecule is CCNC(=NCCCN1CCC(O)CC1)N1CCN(C(CC)c2ccccc2)CC1. The van der Waals surface area contributed by atoms with Crippen molar-refractivity contribution in [3.8, 4) is 0 Å². The molecule has 2 fully saturated rings. The van der Waals surface area contributed by atoms with Crippen LogP contribution in [0.15, 0.2) is 35.3 Å². The summed E-state index contributed by atoms with van der Waals surface area (Å²) in [6, 6.07) is 11.4. The summed E-state index contributed by atoms with van der Waals surface area (Å²) in [6.07, 6.45) is 3.96. The van der Waals surface area contributed by atoms with E-state index in [0.29, 0.717) is 6.04 Å². The number of guanidine groups is 1. The Morgan fingerprint density at radius 3 is 2.40 bits per heavy atom. The van der Waals surface area contributed by atoms with E-state index in [0.717, 1.165) is 90.5 Å². The summed E-state index contributed by atoms with van der Waals surface area (Å²) in [4.78, 5) is 12.4. The minimum Gasteiger partial charge on any atom is -0.393 e. The summed E-state index contributed by atoms with van der Waals surface area (Å²) in [5.41, 5.74) is 1.43.